The van der Waals surface area contributed by atoms with E-state index in [9.17, 15) is 0 Å². The Hall–Kier alpha value is -2.48. The molecule has 2 aliphatic rings. The van der Waals surface area contributed by atoms with Crippen LogP contribution in [0.2, 0.25) is 0 Å². The third-order valence-electron chi connectivity index (χ3n) is 6.20. The summed E-state index contributed by atoms with van der Waals surface area (Å²) >= 11 is 0. The summed E-state index contributed by atoms with van der Waals surface area (Å²) < 4.78 is 31.7. The van der Waals surface area contributed by atoms with E-state index in [1.807, 2.05) is 73.7 Å². The first kappa shape index (κ1) is 22.3. The normalized spacial score (nSPS) is 27.2. The second-order valence-electron chi connectivity index (χ2n) is 8.58. The number of hydrogen-bond donors (Lipinski definition) is 0. The first-order valence-corrected chi connectivity index (χ1v) is 11.6. The monoisotopic (exact) mass is 444 g/mol. The van der Waals surface area contributed by atoms with Crippen LogP contribution in [-0.4, -0.2) is 44.2 Å². The molecule has 5 atom stereocenters. The highest BCUT2D eigenvalue weighted by molar-refractivity contribution is 6.61. The predicted molar refractivity (Wildman–Crippen MR) is 127 cm³/mol. The average molecular weight is 444 g/mol. The van der Waals surface area contributed by atoms with Gasteiger partial charge >= 0.3 is 7.12 Å². The van der Waals surface area contributed by atoms with Crippen LogP contribution in [0.4, 0.5) is 0 Å². The molecule has 0 aromatic heterocycles. The van der Waals surface area contributed by atoms with E-state index in [1.54, 1.807) is 0 Å². The van der Waals surface area contributed by atoms with Crippen molar-refractivity contribution in [2.45, 2.75) is 50.7 Å². The molecule has 0 N–H and O–H groups in total. The van der Waals surface area contributed by atoms with Crippen LogP contribution in [0.3, 0.4) is 0 Å². The van der Waals surface area contributed by atoms with Gasteiger partial charge in [-0.3, -0.25) is 0 Å². The highest BCUT2D eigenvalue weighted by Crippen LogP contribution is 2.32. The summed E-state index contributed by atoms with van der Waals surface area (Å²) in [5.41, 5.74) is 3.21. The van der Waals surface area contributed by atoms with Gasteiger partial charge < -0.3 is 23.5 Å². The van der Waals surface area contributed by atoms with Crippen molar-refractivity contribution in [1.29, 1.82) is 0 Å². The lowest BCUT2D eigenvalue weighted by Crippen LogP contribution is -2.65. The molecular formula is C27H29BO5. The van der Waals surface area contributed by atoms with Gasteiger partial charge in [-0.25, -0.2) is 0 Å². The molecule has 0 amide bonds. The Balaban J connectivity index is 1.36. The molecule has 170 valence electrons. The number of fused-ring (bicyclic) bond motifs is 1. The molecule has 0 aliphatic carbocycles. The van der Waals surface area contributed by atoms with Gasteiger partial charge in [0.05, 0.1) is 25.9 Å². The first-order chi connectivity index (χ1) is 16.3. The minimum Gasteiger partial charge on any atom is -0.404 e. The second-order valence-corrected chi connectivity index (χ2v) is 8.58. The van der Waals surface area contributed by atoms with Crippen molar-refractivity contribution < 1.29 is 23.5 Å². The van der Waals surface area contributed by atoms with E-state index >= 15 is 0 Å². The van der Waals surface area contributed by atoms with Crippen LogP contribution in [0.5, 0.6) is 0 Å². The fourth-order valence-electron chi connectivity index (χ4n) is 4.50. The van der Waals surface area contributed by atoms with Gasteiger partial charge in [-0.1, -0.05) is 91.0 Å². The molecule has 0 bridgehead atoms. The molecular weight excluding hydrogens is 415 g/mol. The van der Waals surface area contributed by atoms with E-state index in [4.69, 9.17) is 23.5 Å². The maximum Gasteiger partial charge on any atom is 0.494 e. The molecule has 0 spiro atoms. The van der Waals surface area contributed by atoms with Crippen molar-refractivity contribution in [3.8, 4) is 0 Å². The van der Waals surface area contributed by atoms with Crippen molar-refractivity contribution in [2.75, 3.05) is 6.61 Å². The number of hydrogen-bond acceptors (Lipinski definition) is 5. The molecule has 6 heteroatoms. The lowest BCUT2D eigenvalue weighted by molar-refractivity contribution is -0.259. The number of rotatable bonds is 7. The van der Waals surface area contributed by atoms with Gasteiger partial charge in [0.1, 0.15) is 24.4 Å². The van der Waals surface area contributed by atoms with Crippen LogP contribution in [0.25, 0.3) is 0 Å². The Bertz CT molecular complexity index is 987. The molecule has 2 fully saturated rings. The van der Waals surface area contributed by atoms with E-state index in [0.717, 1.165) is 16.6 Å². The summed E-state index contributed by atoms with van der Waals surface area (Å²) in [5.74, 6) is 0. The molecule has 0 saturated carbocycles. The van der Waals surface area contributed by atoms with Crippen molar-refractivity contribution in [1.82, 2.24) is 0 Å². The molecule has 3 aromatic carbocycles. The Kier molecular flexibility index (Phi) is 7.20. The molecule has 2 aliphatic heterocycles. The quantitative estimate of drug-likeness (QED) is 0.520. The summed E-state index contributed by atoms with van der Waals surface area (Å²) in [5, 5.41) is 0. The molecule has 5 nitrogen and oxygen atoms in total. The summed E-state index contributed by atoms with van der Waals surface area (Å²) in [6.45, 7) is 3.45. The summed E-state index contributed by atoms with van der Waals surface area (Å²) in [7, 11) is -0.456. The fourth-order valence-corrected chi connectivity index (χ4v) is 4.50. The van der Waals surface area contributed by atoms with Gasteiger partial charge in [-0.2, -0.15) is 0 Å². The summed E-state index contributed by atoms with van der Waals surface area (Å²) in [6.07, 6.45) is -1.24. The minimum atomic E-state index is -0.456. The molecule has 2 heterocycles. The maximum absolute atomic E-state index is 6.51. The van der Waals surface area contributed by atoms with Gasteiger partial charge in [0.25, 0.3) is 0 Å². The molecule has 33 heavy (non-hydrogen) atoms. The number of benzene rings is 3. The fraction of sp³-hybridized carbons (Fsp3) is 0.333. The SMILES string of the molecule is C[C@@H]1OC2COB(c3ccccc3)O[C@H]2[C@H](OCc2ccccc2)C1OCc1ccccc1. The average Bonchev–Trinajstić information content (AvgIpc) is 2.88. The van der Waals surface area contributed by atoms with Crippen LogP contribution in [0, 0.1) is 0 Å². The van der Waals surface area contributed by atoms with Crippen molar-refractivity contribution in [3.63, 3.8) is 0 Å². The molecule has 5 rings (SSSR count). The van der Waals surface area contributed by atoms with Gasteiger partial charge in [-0.15, -0.1) is 0 Å². The van der Waals surface area contributed by atoms with Crippen LogP contribution in [-0.2, 0) is 36.7 Å². The van der Waals surface area contributed by atoms with Gasteiger partial charge in [0, 0.05) is 0 Å². The third kappa shape index (κ3) is 5.37. The highest BCUT2D eigenvalue weighted by Gasteiger charge is 2.50. The van der Waals surface area contributed by atoms with Crippen LogP contribution >= 0.6 is 0 Å². The summed E-state index contributed by atoms with van der Waals surface area (Å²) in [4.78, 5) is 0. The largest absolute Gasteiger partial charge is 0.494 e. The van der Waals surface area contributed by atoms with Gasteiger partial charge in [0.2, 0.25) is 0 Å². The Morgan fingerprint density at radius 3 is 1.91 bits per heavy atom. The van der Waals surface area contributed by atoms with E-state index in [0.29, 0.717) is 19.8 Å². The number of ether oxygens (including phenoxy) is 3. The zero-order valence-electron chi connectivity index (χ0n) is 18.8. The van der Waals surface area contributed by atoms with Crippen LogP contribution < -0.4 is 5.46 Å². The van der Waals surface area contributed by atoms with E-state index in [-0.39, 0.29) is 30.5 Å². The molecule has 0 radical (unpaired) electrons. The van der Waals surface area contributed by atoms with E-state index in [2.05, 4.69) is 24.3 Å². The first-order valence-electron chi connectivity index (χ1n) is 11.6. The predicted octanol–water partition coefficient (Wildman–Crippen LogP) is 3.76. The highest BCUT2D eigenvalue weighted by atomic mass is 16.7. The van der Waals surface area contributed by atoms with Crippen molar-refractivity contribution in [2.24, 2.45) is 0 Å². The lowest BCUT2D eigenvalue weighted by atomic mass is 9.76. The molecule has 3 aromatic rings. The lowest BCUT2D eigenvalue weighted by Gasteiger charge is -2.48. The zero-order valence-corrected chi connectivity index (χ0v) is 18.8. The Morgan fingerprint density at radius 1 is 0.758 bits per heavy atom. The van der Waals surface area contributed by atoms with Crippen molar-refractivity contribution in [3.05, 3.63) is 102 Å². The summed E-state index contributed by atoms with van der Waals surface area (Å²) in [6, 6.07) is 30.3. The topological polar surface area (TPSA) is 46.2 Å². The minimum absolute atomic E-state index is 0.156. The third-order valence-corrected chi connectivity index (χ3v) is 6.20. The van der Waals surface area contributed by atoms with Crippen LogP contribution in [0.1, 0.15) is 18.1 Å². The molecule has 2 unspecified atom stereocenters. The van der Waals surface area contributed by atoms with E-state index < -0.39 is 7.12 Å². The van der Waals surface area contributed by atoms with Gasteiger partial charge in [0.15, 0.2) is 0 Å². The second kappa shape index (κ2) is 10.6. The van der Waals surface area contributed by atoms with E-state index in [1.165, 1.54) is 0 Å². The Labute approximate surface area is 195 Å². The van der Waals surface area contributed by atoms with Crippen molar-refractivity contribution >= 4 is 12.6 Å². The smallest absolute Gasteiger partial charge is 0.404 e. The van der Waals surface area contributed by atoms with Gasteiger partial charge in [-0.05, 0) is 23.5 Å². The zero-order chi connectivity index (χ0) is 22.5. The van der Waals surface area contributed by atoms with Crippen LogP contribution in [0.15, 0.2) is 91.0 Å². The standard InChI is InChI=1S/C27H29BO5/c1-20-25(29-17-21-11-5-2-6-12-21)27(30-18-22-13-7-3-8-14-22)26-24(32-20)19-31-28(33-26)23-15-9-4-10-16-23/h2-16,20,24-27H,17-19H2,1H3/t20-,24?,25?,26+,27+/m0/s1. The Morgan fingerprint density at radius 2 is 1.30 bits per heavy atom. The maximum atomic E-state index is 6.51. The molecule has 2 saturated heterocycles.